The van der Waals surface area contributed by atoms with E-state index >= 15 is 0 Å². The summed E-state index contributed by atoms with van der Waals surface area (Å²) in [5, 5.41) is 5.18. The Labute approximate surface area is 200 Å². The third kappa shape index (κ3) is 4.96. The van der Waals surface area contributed by atoms with Gasteiger partial charge in [-0.1, -0.05) is 73.6 Å². The number of para-hydroxylation sites is 1. The minimum absolute atomic E-state index is 0.0106. The zero-order valence-corrected chi connectivity index (χ0v) is 20.7. The quantitative estimate of drug-likeness (QED) is 0.544. The zero-order valence-electron chi connectivity index (χ0n) is 19.9. The van der Waals surface area contributed by atoms with E-state index in [9.17, 15) is 9.59 Å². The van der Waals surface area contributed by atoms with Crippen LogP contribution in [-0.4, -0.2) is 40.1 Å². The molecule has 33 heavy (non-hydrogen) atoms. The first-order chi connectivity index (χ1) is 15.9. The van der Waals surface area contributed by atoms with Crippen molar-refractivity contribution in [2.75, 3.05) is 18.8 Å². The number of nitrogens with one attached hydrogen (secondary N) is 1. The van der Waals surface area contributed by atoms with Crippen LogP contribution in [0.3, 0.4) is 0 Å². The number of benzene rings is 2. The summed E-state index contributed by atoms with van der Waals surface area (Å²) in [6.07, 6.45) is 1.62. The van der Waals surface area contributed by atoms with Crippen molar-refractivity contribution in [1.29, 1.82) is 0 Å². The second-order valence-corrected chi connectivity index (χ2v) is 10.2. The first-order valence-corrected chi connectivity index (χ1v) is 12.7. The molecule has 6 heteroatoms. The first kappa shape index (κ1) is 23.4. The Kier molecular flexibility index (Phi) is 7.13. The van der Waals surface area contributed by atoms with Gasteiger partial charge in [0.2, 0.25) is 11.8 Å². The van der Waals surface area contributed by atoms with Crippen molar-refractivity contribution in [3.63, 3.8) is 0 Å². The Morgan fingerprint density at radius 2 is 1.88 bits per heavy atom. The van der Waals surface area contributed by atoms with Crippen LogP contribution < -0.4 is 5.32 Å². The summed E-state index contributed by atoms with van der Waals surface area (Å²) in [4.78, 5) is 28.8. The molecule has 2 heterocycles. The number of aromatic nitrogens is 1. The molecule has 1 aliphatic heterocycles. The number of fused-ring (bicyclic) bond motifs is 3. The monoisotopic (exact) mass is 463 g/mol. The third-order valence-corrected chi connectivity index (χ3v) is 7.52. The van der Waals surface area contributed by atoms with E-state index in [1.807, 2.05) is 19.2 Å². The molecule has 5 nitrogen and oxygen atoms in total. The average Bonchev–Trinajstić information content (AvgIpc) is 2.97. The summed E-state index contributed by atoms with van der Waals surface area (Å²) in [7, 11) is 2.02. The maximum absolute atomic E-state index is 13.6. The van der Waals surface area contributed by atoms with Gasteiger partial charge >= 0.3 is 0 Å². The minimum atomic E-state index is -0.633. The number of hydrogen-bond donors (Lipinski definition) is 1. The van der Waals surface area contributed by atoms with Crippen LogP contribution in [-0.2, 0) is 23.1 Å². The van der Waals surface area contributed by atoms with Crippen molar-refractivity contribution < 1.29 is 9.59 Å². The van der Waals surface area contributed by atoms with Crippen LogP contribution in [0.1, 0.15) is 43.0 Å². The van der Waals surface area contributed by atoms with Gasteiger partial charge in [-0.25, -0.2) is 0 Å². The van der Waals surface area contributed by atoms with E-state index in [1.54, 1.807) is 4.90 Å². The molecule has 1 aromatic heterocycles. The van der Waals surface area contributed by atoms with Gasteiger partial charge < -0.3 is 14.8 Å². The number of rotatable bonds is 7. The van der Waals surface area contributed by atoms with Crippen LogP contribution in [0.15, 0.2) is 53.6 Å². The third-order valence-electron chi connectivity index (χ3n) is 6.36. The summed E-state index contributed by atoms with van der Waals surface area (Å²) < 4.78 is 2.13. The maximum atomic E-state index is 13.6. The topological polar surface area (TPSA) is 54.3 Å². The largest absolute Gasteiger partial charge is 0.354 e. The highest BCUT2D eigenvalue weighted by Gasteiger charge is 2.38. The molecule has 1 aliphatic rings. The fraction of sp³-hybridized carbons (Fsp3) is 0.407. The minimum Gasteiger partial charge on any atom is -0.354 e. The van der Waals surface area contributed by atoms with Crippen molar-refractivity contribution in [3.05, 3.63) is 65.2 Å². The zero-order chi connectivity index (χ0) is 23.5. The van der Waals surface area contributed by atoms with Crippen LogP contribution in [0, 0.1) is 12.8 Å². The summed E-state index contributed by atoms with van der Waals surface area (Å²) in [5.41, 5.74) is 4.42. The highest BCUT2D eigenvalue weighted by atomic mass is 32.2. The molecule has 0 saturated heterocycles. The molecular weight excluding hydrogens is 430 g/mol. The van der Waals surface area contributed by atoms with Gasteiger partial charge in [-0.15, -0.1) is 0 Å². The van der Waals surface area contributed by atoms with Crippen LogP contribution >= 0.6 is 11.8 Å². The van der Waals surface area contributed by atoms with E-state index in [4.69, 9.17) is 0 Å². The molecule has 0 saturated carbocycles. The highest BCUT2D eigenvalue weighted by Crippen LogP contribution is 2.41. The maximum Gasteiger partial charge on any atom is 0.247 e. The second kappa shape index (κ2) is 10.0. The van der Waals surface area contributed by atoms with E-state index in [-0.39, 0.29) is 11.8 Å². The fourth-order valence-corrected chi connectivity index (χ4v) is 5.56. The lowest BCUT2D eigenvalue weighted by atomic mass is 10.0. The van der Waals surface area contributed by atoms with Gasteiger partial charge in [0.15, 0.2) is 0 Å². The van der Waals surface area contributed by atoms with Crippen molar-refractivity contribution in [1.82, 2.24) is 14.8 Å². The van der Waals surface area contributed by atoms with E-state index in [0.717, 1.165) is 27.9 Å². The number of thioether (sulfide) groups is 1. The summed E-state index contributed by atoms with van der Waals surface area (Å²) in [6, 6.07) is 15.9. The average molecular weight is 464 g/mol. The van der Waals surface area contributed by atoms with Gasteiger partial charge in [0.1, 0.15) is 6.04 Å². The van der Waals surface area contributed by atoms with Crippen LogP contribution in [0.25, 0.3) is 10.9 Å². The Balaban J connectivity index is 1.73. The Hall–Kier alpha value is -2.73. The summed E-state index contributed by atoms with van der Waals surface area (Å²) in [5.74, 6) is 0.757. The van der Waals surface area contributed by atoms with Crippen LogP contribution in [0.2, 0.25) is 0 Å². The van der Waals surface area contributed by atoms with E-state index in [0.29, 0.717) is 31.2 Å². The van der Waals surface area contributed by atoms with Gasteiger partial charge in [0, 0.05) is 36.6 Å². The standard InChI is InChI=1S/C27H33N3O2S/c1-18(2)13-15-28-26(32)25-24-21-7-5-6-8-22(21)29(4)27(24)33-17-23(31)30(25)16-14-20-11-9-19(3)10-12-20/h5-12,18,25H,13-17H2,1-4H3,(H,28,32). The normalized spacial score (nSPS) is 16.2. The molecule has 3 aromatic rings. The van der Waals surface area contributed by atoms with Gasteiger partial charge in [0.25, 0.3) is 0 Å². The van der Waals surface area contributed by atoms with Crippen molar-refractivity contribution >= 4 is 34.5 Å². The van der Waals surface area contributed by atoms with Crippen molar-refractivity contribution in [3.8, 4) is 0 Å². The van der Waals surface area contributed by atoms with E-state index in [1.165, 1.54) is 22.9 Å². The molecule has 0 radical (unpaired) electrons. The first-order valence-electron chi connectivity index (χ1n) is 11.7. The summed E-state index contributed by atoms with van der Waals surface area (Å²) >= 11 is 1.54. The van der Waals surface area contributed by atoms with Gasteiger partial charge in [-0.3, -0.25) is 9.59 Å². The van der Waals surface area contributed by atoms with Crippen molar-refractivity contribution in [2.24, 2.45) is 13.0 Å². The molecule has 4 rings (SSSR count). The number of aryl methyl sites for hydroxylation is 2. The molecule has 174 valence electrons. The predicted octanol–water partition coefficient (Wildman–Crippen LogP) is 4.87. The lowest BCUT2D eigenvalue weighted by Gasteiger charge is -2.30. The Morgan fingerprint density at radius 3 is 2.61 bits per heavy atom. The SMILES string of the molecule is Cc1ccc(CCN2C(=O)CSc3c(c4ccccc4n3C)C2C(=O)NCCC(C)C)cc1. The van der Waals surface area contributed by atoms with Gasteiger partial charge in [0.05, 0.1) is 10.8 Å². The number of carbonyl (C=O) groups is 2. The number of carbonyl (C=O) groups excluding carboxylic acids is 2. The van der Waals surface area contributed by atoms with Crippen LogP contribution in [0.4, 0.5) is 0 Å². The molecule has 0 bridgehead atoms. The Morgan fingerprint density at radius 1 is 1.15 bits per heavy atom. The number of nitrogens with zero attached hydrogens (tertiary/aromatic N) is 2. The molecule has 1 N–H and O–H groups in total. The molecule has 0 fully saturated rings. The molecule has 1 atom stereocenters. The van der Waals surface area contributed by atoms with E-state index < -0.39 is 6.04 Å². The van der Waals surface area contributed by atoms with E-state index in [2.05, 4.69) is 67.1 Å². The molecule has 1 unspecified atom stereocenters. The van der Waals surface area contributed by atoms with Crippen molar-refractivity contribution in [2.45, 2.75) is 44.7 Å². The molecular formula is C27H33N3O2S. The number of hydrogen-bond acceptors (Lipinski definition) is 3. The van der Waals surface area contributed by atoms with Gasteiger partial charge in [-0.2, -0.15) is 0 Å². The molecule has 2 amide bonds. The number of amides is 2. The predicted molar refractivity (Wildman–Crippen MR) is 135 cm³/mol. The van der Waals surface area contributed by atoms with Gasteiger partial charge in [-0.05, 0) is 37.3 Å². The molecule has 2 aromatic carbocycles. The Bertz CT molecular complexity index is 1150. The highest BCUT2D eigenvalue weighted by molar-refractivity contribution is 8.00. The fourth-order valence-electron chi connectivity index (χ4n) is 4.46. The molecule has 0 spiro atoms. The lowest BCUT2D eigenvalue weighted by Crippen LogP contribution is -2.45. The second-order valence-electron chi connectivity index (χ2n) is 9.28. The summed E-state index contributed by atoms with van der Waals surface area (Å²) in [6.45, 7) is 7.48. The smallest absolute Gasteiger partial charge is 0.247 e. The lowest BCUT2D eigenvalue weighted by molar-refractivity contribution is -0.138. The molecule has 0 aliphatic carbocycles. The van der Waals surface area contributed by atoms with Crippen LogP contribution in [0.5, 0.6) is 0 Å².